The lowest BCUT2D eigenvalue weighted by Crippen LogP contribution is -2.26. The van der Waals surface area contributed by atoms with E-state index in [4.69, 9.17) is 5.11 Å². The highest BCUT2D eigenvalue weighted by Crippen LogP contribution is 2.38. The summed E-state index contributed by atoms with van der Waals surface area (Å²) in [6, 6.07) is 6.46. The van der Waals surface area contributed by atoms with Gasteiger partial charge in [-0.25, -0.2) is 0 Å². The number of allylic oxidation sites excluding steroid dienone is 2. The Morgan fingerprint density at radius 1 is 1.05 bits per heavy atom. The summed E-state index contributed by atoms with van der Waals surface area (Å²) >= 11 is 0. The number of carboxylic acids is 1. The number of aliphatic hydroxyl groups excluding tert-OH is 1. The average Bonchev–Trinajstić information content (AvgIpc) is 2.46. The van der Waals surface area contributed by atoms with Crippen LogP contribution in [0.3, 0.4) is 0 Å². The Kier molecular flexibility index (Phi) is 2.97. The number of carbonyl (C=O) groups excluding carboxylic acids is 2. The van der Waals surface area contributed by atoms with Gasteiger partial charge in [0, 0.05) is 16.7 Å². The number of aliphatic carboxylic acids is 1. The highest BCUT2D eigenvalue weighted by atomic mass is 16.4. The summed E-state index contributed by atoms with van der Waals surface area (Å²) in [5.41, 5.74) is 1.15. The molecule has 0 saturated heterocycles. The van der Waals surface area contributed by atoms with Crippen molar-refractivity contribution in [2.75, 3.05) is 0 Å². The predicted octanol–water partition coefficient (Wildman–Crippen LogP) is 2.44. The van der Waals surface area contributed by atoms with E-state index in [1.807, 2.05) is 0 Å². The van der Waals surface area contributed by atoms with Crippen molar-refractivity contribution in [3.63, 3.8) is 0 Å². The summed E-state index contributed by atoms with van der Waals surface area (Å²) in [7, 11) is 0. The predicted molar refractivity (Wildman–Crippen MR) is 73.3 cm³/mol. The van der Waals surface area contributed by atoms with Crippen molar-refractivity contribution in [3.05, 3.63) is 57.9 Å². The third-order valence-corrected chi connectivity index (χ3v) is 3.83. The molecule has 0 aromatic heterocycles. The molecule has 0 radical (unpaired) electrons. The Hall–Kier alpha value is -2.69. The quantitative estimate of drug-likeness (QED) is 0.870. The molecule has 0 fully saturated rings. The first-order chi connectivity index (χ1) is 10.0. The molecule has 2 aliphatic rings. The third-order valence-electron chi connectivity index (χ3n) is 3.83. The summed E-state index contributed by atoms with van der Waals surface area (Å²) < 4.78 is 0. The molecule has 5 heteroatoms. The first-order valence-electron chi connectivity index (χ1n) is 6.55. The van der Waals surface area contributed by atoms with E-state index in [2.05, 4.69) is 0 Å². The van der Waals surface area contributed by atoms with Gasteiger partial charge < -0.3 is 10.2 Å². The van der Waals surface area contributed by atoms with Gasteiger partial charge in [-0.2, -0.15) is 0 Å². The number of Topliss-reactive ketones (excluding diaryl/α,β-unsaturated/α-hetero) is 2. The van der Waals surface area contributed by atoms with Crippen LogP contribution in [-0.4, -0.2) is 27.7 Å². The second-order valence-corrected chi connectivity index (χ2v) is 5.08. The molecular weight excluding hydrogens is 272 g/mol. The lowest BCUT2D eigenvalue weighted by molar-refractivity contribution is -0.136. The summed E-state index contributed by atoms with van der Waals surface area (Å²) in [5.74, 6) is -2.09. The number of carbonyl (C=O) groups is 3. The number of fused-ring (bicyclic) bond motifs is 1. The van der Waals surface area contributed by atoms with Crippen LogP contribution in [0.4, 0.5) is 0 Å². The molecule has 0 atom stereocenters. The van der Waals surface area contributed by atoms with E-state index in [0.29, 0.717) is 11.1 Å². The van der Waals surface area contributed by atoms with Crippen molar-refractivity contribution < 1.29 is 24.6 Å². The van der Waals surface area contributed by atoms with Crippen LogP contribution >= 0.6 is 0 Å². The maximum absolute atomic E-state index is 12.5. The van der Waals surface area contributed by atoms with Gasteiger partial charge in [0.1, 0.15) is 5.76 Å². The zero-order valence-corrected chi connectivity index (χ0v) is 11.0. The Morgan fingerprint density at radius 2 is 1.67 bits per heavy atom. The molecule has 106 valence electrons. The number of ketones is 2. The topological polar surface area (TPSA) is 91.7 Å². The van der Waals surface area contributed by atoms with Crippen LogP contribution < -0.4 is 0 Å². The summed E-state index contributed by atoms with van der Waals surface area (Å²) in [6.07, 6.45) is 0.227. The van der Waals surface area contributed by atoms with Crippen molar-refractivity contribution in [3.8, 4) is 0 Å². The van der Waals surface area contributed by atoms with E-state index in [-0.39, 0.29) is 47.5 Å². The molecular formula is C16H12O5. The molecule has 1 aromatic rings. The van der Waals surface area contributed by atoms with Crippen molar-refractivity contribution >= 4 is 17.5 Å². The van der Waals surface area contributed by atoms with Crippen molar-refractivity contribution in [2.45, 2.75) is 19.3 Å². The fourth-order valence-corrected chi connectivity index (χ4v) is 2.84. The van der Waals surface area contributed by atoms with Crippen LogP contribution in [0.2, 0.25) is 0 Å². The standard InChI is InChI=1S/C16H12O5/c17-12(18)7-8-5-6-11-13(14(8)19)16(21)10-4-2-1-3-9(10)15(11)20/h1-4,19H,5-7H2,(H,17,18). The Bertz CT molecular complexity index is 752. The van der Waals surface area contributed by atoms with Crippen LogP contribution in [-0.2, 0) is 4.79 Å². The first-order valence-corrected chi connectivity index (χ1v) is 6.55. The molecule has 3 rings (SSSR count). The number of benzene rings is 1. The molecule has 0 saturated carbocycles. The van der Waals surface area contributed by atoms with E-state index >= 15 is 0 Å². The molecule has 0 bridgehead atoms. The average molecular weight is 284 g/mol. The second kappa shape index (κ2) is 4.70. The summed E-state index contributed by atoms with van der Waals surface area (Å²) in [5, 5.41) is 19.1. The van der Waals surface area contributed by atoms with Crippen LogP contribution in [0.1, 0.15) is 40.0 Å². The van der Waals surface area contributed by atoms with Crippen LogP contribution in [0.15, 0.2) is 46.7 Å². The van der Waals surface area contributed by atoms with Gasteiger partial charge in [0.25, 0.3) is 0 Å². The molecule has 0 heterocycles. The van der Waals surface area contributed by atoms with E-state index < -0.39 is 11.8 Å². The third kappa shape index (κ3) is 1.98. The number of hydrogen-bond donors (Lipinski definition) is 2. The SMILES string of the molecule is O=C(O)CC1=C(O)C2=C(CC1)C(=O)c1ccccc1C2=O. The van der Waals surface area contributed by atoms with E-state index in [9.17, 15) is 19.5 Å². The number of aliphatic hydroxyl groups is 1. The zero-order valence-electron chi connectivity index (χ0n) is 11.0. The fraction of sp³-hybridized carbons (Fsp3) is 0.188. The van der Waals surface area contributed by atoms with Gasteiger partial charge >= 0.3 is 5.97 Å². The number of hydrogen-bond acceptors (Lipinski definition) is 4. The molecule has 0 unspecified atom stereocenters. The molecule has 21 heavy (non-hydrogen) atoms. The normalized spacial score (nSPS) is 17.7. The Balaban J connectivity index is 2.16. The first kappa shape index (κ1) is 13.3. The van der Waals surface area contributed by atoms with Gasteiger partial charge in [-0.05, 0) is 18.4 Å². The van der Waals surface area contributed by atoms with Gasteiger partial charge in [-0.15, -0.1) is 0 Å². The summed E-state index contributed by atoms with van der Waals surface area (Å²) in [4.78, 5) is 35.7. The van der Waals surface area contributed by atoms with Crippen LogP contribution in [0.5, 0.6) is 0 Å². The number of carboxylic acid groups (broad SMARTS) is 1. The molecule has 2 aliphatic carbocycles. The number of rotatable bonds is 2. The van der Waals surface area contributed by atoms with E-state index in [1.54, 1.807) is 18.2 Å². The molecule has 1 aromatic carbocycles. The Labute approximate surface area is 120 Å². The van der Waals surface area contributed by atoms with Crippen molar-refractivity contribution in [2.24, 2.45) is 0 Å². The molecule has 2 N–H and O–H groups in total. The molecule has 0 amide bonds. The van der Waals surface area contributed by atoms with Crippen LogP contribution in [0.25, 0.3) is 0 Å². The van der Waals surface area contributed by atoms with E-state index in [1.165, 1.54) is 6.07 Å². The highest BCUT2D eigenvalue weighted by molar-refractivity contribution is 6.28. The minimum atomic E-state index is -1.07. The Morgan fingerprint density at radius 3 is 2.29 bits per heavy atom. The van der Waals surface area contributed by atoms with Gasteiger partial charge in [0.15, 0.2) is 11.6 Å². The van der Waals surface area contributed by atoms with E-state index in [0.717, 1.165) is 0 Å². The summed E-state index contributed by atoms with van der Waals surface area (Å²) in [6.45, 7) is 0. The molecule has 5 nitrogen and oxygen atoms in total. The maximum Gasteiger partial charge on any atom is 0.307 e. The van der Waals surface area contributed by atoms with Gasteiger partial charge in [0.2, 0.25) is 0 Å². The molecule has 0 spiro atoms. The zero-order chi connectivity index (χ0) is 15.1. The second-order valence-electron chi connectivity index (χ2n) is 5.08. The smallest absolute Gasteiger partial charge is 0.307 e. The van der Waals surface area contributed by atoms with Crippen LogP contribution in [0, 0.1) is 0 Å². The molecule has 0 aliphatic heterocycles. The minimum Gasteiger partial charge on any atom is -0.507 e. The van der Waals surface area contributed by atoms with Crippen molar-refractivity contribution in [1.29, 1.82) is 0 Å². The largest absolute Gasteiger partial charge is 0.507 e. The van der Waals surface area contributed by atoms with Crippen molar-refractivity contribution in [1.82, 2.24) is 0 Å². The maximum atomic E-state index is 12.5. The lowest BCUT2D eigenvalue weighted by atomic mass is 9.77. The highest BCUT2D eigenvalue weighted by Gasteiger charge is 2.37. The minimum absolute atomic E-state index is 0.0267. The lowest BCUT2D eigenvalue weighted by Gasteiger charge is -2.25. The van der Waals surface area contributed by atoms with Gasteiger partial charge in [-0.1, -0.05) is 24.3 Å². The fourth-order valence-electron chi connectivity index (χ4n) is 2.84. The monoisotopic (exact) mass is 284 g/mol. The van der Waals surface area contributed by atoms with Gasteiger partial charge in [0.05, 0.1) is 12.0 Å². The van der Waals surface area contributed by atoms with Gasteiger partial charge in [-0.3, -0.25) is 14.4 Å².